The van der Waals surface area contributed by atoms with Crippen LogP contribution >= 0.6 is 35.0 Å². The first kappa shape index (κ1) is 16.9. The largest absolute Gasteiger partial charge is 0.272 e. The third kappa shape index (κ3) is 5.37. The highest BCUT2D eigenvalue weighted by molar-refractivity contribution is 8.00. The number of amides is 1. The van der Waals surface area contributed by atoms with Crippen LogP contribution in [0.5, 0.6) is 0 Å². The number of carbonyl (C=O) groups excluding carboxylic acids is 1. The lowest BCUT2D eigenvalue weighted by molar-refractivity contribution is -0.120. The van der Waals surface area contributed by atoms with Gasteiger partial charge >= 0.3 is 0 Å². The van der Waals surface area contributed by atoms with Gasteiger partial charge in [0.2, 0.25) is 0 Å². The van der Waals surface area contributed by atoms with Crippen LogP contribution < -0.4 is 5.43 Å². The molecule has 1 N–H and O–H groups in total. The molecule has 0 fully saturated rings. The Bertz CT molecular complexity index is 674. The Kier molecular flexibility index (Phi) is 6.31. The standard InChI is InChI=1S/C16H14Cl2N2OS/c1-11(22-15-7-5-13(17)6-8-15)16(21)20-19-10-12-3-2-4-14(18)9-12/h2-11H,1H3,(H,20,21)/b19-10-/t11-/m1/s1. The van der Waals surface area contributed by atoms with E-state index in [9.17, 15) is 4.79 Å². The molecule has 0 aliphatic rings. The topological polar surface area (TPSA) is 41.5 Å². The summed E-state index contributed by atoms with van der Waals surface area (Å²) in [6.45, 7) is 1.82. The monoisotopic (exact) mass is 352 g/mol. The highest BCUT2D eigenvalue weighted by Crippen LogP contribution is 2.24. The maximum Gasteiger partial charge on any atom is 0.253 e. The lowest BCUT2D eigenvalue weighted by Crippen LogP contribution is -2.26. The van der Waals surface area contributed by atoms with Crippen molar-refractivity contribution in [2.45, 2.75) is 17.1 Å². The van der Waals surface area contributed by atoms with Crippen LogP contribution in [-0.4, -0.2) is 17.4 Å². The fraction of sp³-hybridized carbons (Fsp3) is 0.125. The van der Waals surface area contributed by atoms with Crippen LogP contribution in [-0.2, 0) is 4.79 Å². The van der Waals surface area contributed by atoms with E-state index in [0.29, 0.717) is 10.0 Å². The molecule has 0 bridgehead atoms. The molecule has 0 spiro atoms. The molecule has 0 radical (unpaired) electrons. The summed E-state index contributed by atoms with van der Waals surface area (Å²) in [7, 11) is 0. The average Bonchev–Trinajstić information content (AvgIpc) is 2.49. The molecule has 0 heterocycles. The van der Waals surface area contributed by atoms with E-state index in [4.69, 9.17) is 23.2 Å². The van der Waals surface area contributed by atoms with Crippen LogP contribution in [0.25, 0.3) is 0 Å². The second-order valence-electron chi connectivity index (χ2n) is 4.50. The molecule has 0 saturated heterocycles. The first-order chi connectivity index (χ1) is 10.5. The van der Waals surface area contributed by atoms with Crippen LogP contribution in [0.2, 0.25) is 10.0 Å². The van der Waals surface area contributed by atoms with Crippen molar-refractivity contribution < 1.29 is 4.79 Å². The molecule has 0 aliphatic heterocycles. The van der Waals surface area contributed by atoms with Gasteiger partial charge in [0.15, 0.2) is 0 Å². The number of benzene rings is 2. The van der Waals surface area contributed by atoms with Gasteiger partial charge in [-0.3, -0.25) is 4.79 Å². The maximum atomic E-state index is 12.0. The highest BCUT2D eigenvalue weighted by atomic mass is 35.5. The van der Waals surface area contributed by atoms with Gasteiger partial charge < -0.3 is 0 Å². The summed E-state index contributed by atoms with van der Waals surface area (Å²) in [5.41, 5.74) is 3.35. The molecule has 0 aliphatic carbocycles. The van der Waals surface area contributed by atoms with Crippen molar-refractivity contribution in [2.24, 2.45) is 5.10 Å². The molecule has 0 aromatic heterocycles. The van der Waals surface area contributed by atoms with E-state index in [0.717, 1.165) is 10.5 Å². The van der Waals surface area contributed by atoms with E-state index in [2.05, 4.69) is 10.5 Å². The van der Waals surface area contributed by atoms with Gasteiger partial charge in [-0.25, -0.2) is 5.43 Å². The molecule has 2 rings (SSSR count). The third-order valence-electron chi connectivity index (χ3n) is 2.73. The summed E-state index contributed by atoms with van der Waals surface area (Å²) < 4.78 is 0. The minimum Gasteiger partial charge on any atom is -0.272 e. The Morgan fingerprint density at radius 1 is 1.18 bits per heavy atom. The number of nitrogens with zero attached hydrogens (tertiary/aromatic N) is 1. The van der Waals surface area contributed by atoms with Crippen LogP contribution in [0.4, 0.5) is 0 Å². The van der Waals surface area contributed by atoms with Crippen molar-refractivity contribution in [3.63, 3.8) is 0 Å². The summed E-state index contributed by atoms with van der Waals surface area (Å²) in [5.74, 6) is -0.168. The Labute approximate surface area is 143 Å². The zero-order valence-electron chi connectivity index (χ0n) is 11.8. The molecule has 1 atom stereocenters. The molecule has 3 nitrogen and oxygen atoms in total. The normalized spacial score (nSPS) is 12.3. The summed E-state index contributed by atoms with van der Waals surface area (Å²) in [6, 6.07) is 14.6. The van der Waals surface area contributed by atoms with Crippen molar-refractivity contribution in [3.8, 4) is 0 Å². The maximum absolute atomic E-state index is 12.0. The van der Waals surface area contributed by atoms with Gasteiger partial charge in [0.1, 0.15) is 0 Å². The summed E-state index contributed by atoms with van der Waals surface area (Å²) in [4.78, 5) is 13.0. The molecule has 22 heavy (non-hydrogen) atoms. The number of halogens is 2. The first-order valence-corrected chi connectivity index (χ1v) is 8.19. The van der Waals surface area contributed by atoms with Gasteiger partial charge in [0.25, 0.3) is 5.91 Å². The predicted octanol–water partition coefficient (Wildman–Crippen LogP) is 4.62. The number of hydrazone groups is 1. The number of rotatable bonds is 5. The molecule has 2 aromatic carbocycles. The summed E-state index contributed by atoms with van der Waals surface area (Å²) in [5, 5.41) is 4.98. The van der Waals surface area contributed by atoms with Crippen molar-refractivity contribution in [2.75, 3.05) is 0 Å². The molecule has 1 amide bonds. The Morgan fingerprint density at radius 3 is 2.59 bits per heavy atom. The predicted molar refractivity (Wildman–Crippen MR) is 94.0 cm³/mol. The molecular weight excluding hydrogens is 339 g/mol. The summed E-state index contributed by atoms with van der Waals surface area (Å²) in [6.07, 6.45) is 1.56. The lowest BCUT2D eigenvalue weighted by atomic mass is 10.2. The molecule has 2 aromatic rings. The van der Waals surface area contributed by atoms with E-state index in [1.54, 1.807) is 30.5 Å². The average molecular weight is 353 g/mol. The Morgan fingerprint density at radius 2 is 1.91 bits per heavy atom. The molecule has 6 heteroatoms. The smallest absolute Gasteiger partial charge is 0.253 e. The number of hydrogen-bond acceptors (Lipinski definition) is 3. The zero-order valence-corrected chi connectivity index (χ0v) is 14.1. The quantitative estimate of drug-likeness (QED) is 0.484. The second-order valence-corrected chi connectivity index (χ2v) is 6.79. The van der Waals surface area contributed by atoms with Crippen LogP contribution in [0.15, 0.2) is 58.5 Å². The highest BCUT2D eigenvalue weighted by Gasteiger charge is 2.13. The number of nitrogens with one attached hydrogen (secondary N) is 1. The van der Waals surface area contributed by atoms with Gasteiger partial charge in [-0.05, 0) is 48.9 Å². The molecule has 0 unspecified atom stereocenters. The SMILES string of the molecule is C[C@@H](Sc1ccc(Cl)cc1)C(=O)N/N=C\c1cccc(Cl)c1. The molecular formula is C16H14Cl2N2OS. The van der Waals surface area contributed by atoms with Gasteiger partial charge in [-0.15, -0.1) is 11.8 Å². The van der Waals surface area contributed by atoms with Crippen molar-refractivity contribution in [1.82, 2.24) is 5.43 Å². The van der Waals surface area contributed by atoms with E-state index in [1.165, 1.54) is 11.8 Å². The van der Waals surface area contributed by atoms with Crippen LogP contribution in [0.3, 0.4) is 0 Å². The minimum absolute atomic E-state index is 0.168. The Balaban J connectivity index is 1.87. The van der Waals surface area contributed by atoms with E-state index >= 15 is 0 Å². The second kappa shape index (κ2) is 8.22. The number of hydrogen-bond donors (Lipinski definition) is 1. The van der Waals surface area contributed by atoms with E-state index in [-0.39, 0.29) is 11.2 Å². The van der Waals surface area contributed by atoms with E-state index < -0.39 is 0 Å². The fourth-order valence-electron chi connectivity index (χ4n) is 1.62. The molecule has 114 valence electrons. The molecule has 0 saturated carbocycles. The number of carbonyl (C=O) groups is 1. The van der Waals surface area contributed by atoms with Gasteiger partial charge in [-0.1, -0.05) is 35.3 Å². The van der Waals surface area contributed by atoms with Crippen LogP contribution in [0.1, 0.15) is 12.5 Å². The van der Waals surface area contributed by atoms with E-state index in [1.807, 2.05) is 31.2 Å². The van der Waals surface area contributed by atoms with Crippen molar-refractivity contribution in [3.05, 3.63) is 64.1 Å². The minimum atomic E-state index is -0.266. The zero-order chi connectivity index (χ0) is 15.9. The van der Waals surface area contributed by atoms with Crippen molar-refractivity contribution >= 4 is 47.1 Å². The first-order valence-electron chi connectivity index (χ1n) is 6.55. The third-order valence-corrected chi connectivity index (χ3v) is 4.33. The lowest BCUT2D eigenvalue weighted by Gasteiger charge is -2.09. The fourth-order valence-corrected chi connectivity index (χ4v) is 2.80. The summed E-state index contributed by atoms with van der Waals surface area (Å²) >= 11 is 13.2. The van der Waals surface area contributed by atoms with Gasteiger partial charge in [0, 0.05) is 14.9 Å². The van der Waals surface area contributed by atoms with Crippen LogP contribution in [0, 0.1) is 0 Å². The van der Waals surface area contributed by atoms with Gasteiger partial charge in [-0.2, -0.15) is 5.10 Å². The number of thioether (sulfide) groups is 1. The Hall–Kier alpha value is -1.49. The van der Waals surface area contributed by atoms with Crippen molar-refractivity contribution in [1.29, 1.82) is 0 Å². The van der Waals surface area contributed by atoms with Gasteiger partial charge in [0.05, 0.1) is 11.5 Å².